The molecule has 1 fully saturated rings. The Bertz CT molecular complexity index is 729. The number of carbonyl (C=O) groups is 1. The Hall–Kier alpha value is -2.50. The number of piperidine rings is 1. The third-order valence-electron chi connectivity index (χ3n) is 4.58. The van der Waals surface area contributed by atoms with E-state index in [0.717, 1.165) is 31.8 Å². The van der Waals surface area contributed by atoms with Crippen LogP contribution in [0.5, 0.6) is 0 Å². The number of halogens is 1. The first-order valence-corrected chi connectivity index (χ1v) is 8.73. The highest BCUT2D eigenvalue weighted by molar-refractivity contribution is 5.92. The first kappa shape index (κ1) is 17.3. The van der Waals surface area contributed by atoms with Gasteiger partial charge in [0.15, 0.2) is 0 Å². The van der Waals surface area contributed by atoms with Crippen molar-refractivity contribution in [1.82, 2.24) is 15.3 Å². The van der Waals surface area contributed by atoms with Gasteiger partial charge in [0, 0.05) is 25.8 Å². The Labute approximate surface area is 147 Å². The van der Waals surface area contributed by atoms with E-state index in [-0.39, 0.29) is 11.7 Å². The fourth-order valence-corrected chi connectivity index (χ4v) is 2.94. The zero-order valence-electron chi connectivity index (χ0n) is 14.4. The van der Waals surface area contributed by atoms with E-state index in [1.54, 1.807) is 30.5 Å². The van der Waals surface area contributed by atoms with Crippen LogP contribution in [0.15, 0.2) is 36.5 Å². The van der Waals surface area contributed by atoms with Crippen molar-refractivity contribution in [2.45, 2.75) is 26.2 Å². The molecule has 1 aliphatic rings. The fraction of sp³-hybridized carbons (Fsp3) is 0.421. The van der Waals surface area contributed by atoms with Crippen LogP contribution in [0.3, 0.4) is 0 Å². The van der Waals surface area contributed by atoms with Crippen LogP contribution in [0.1, 0.15) is 35.8 Å². The van der Waals surface area contributed by atoms with Gasteiger partial charge in [0.1, 0.15) is 11.5 Å². The van der Waals surface area contributed by atoms with Crippen LogP contribution in [-0.2, 0) is 6.42 Å². The monoisotopic (exact) mass is 342 g/mol. The summed E-state index contributed by atoms with van der Waals surface area (Å²) in [6, 6.07) is 8.20. The van der Waals surface area contributed by atoms with Crippen molar-refractivity contribution < 1.29 is 9.18 Å². The number of hydrogen-bond acceptors (Lipinski definition) is 4. The summed E-state index contributed by atoms with van der Waals surface area (Å²) >= 11 is 0. The maximum Gasteiger partial charge on any atom is 0.270 e. The summed E-state index contributed by atoms with van der Waals surface area (Å²) in [5.74, 6) is 0.820. The normalized spacial score (nSPS) is 15.2. The van der Waals surface area contributed by atoms with Gasteiger partial charge >= 0.3 is 0 Å². The van der Waals surface area contributed by atoms with Crippen LogP contribution >= 0.6 is 0 Å². The Balaban J connectivity index is 1.57. The molecule has 1 saturated heterocycles. The van der Waals surface area contributed by atoms with Gasteiger partial charge in [0.25, 0.3) is 5.91 Å². The second-order valence-corrected chi connectivity index (χ2v) is 6.51. The minimum atomic E-state index is -0.259. The summed E-state index contributed by atoms with van der Waals surface area (Å²) in [7, 11) is 0. The molecule has 2 aromatic rings. The standard InChI is InChI=1S/C19H23FN4O/c1-14-8-12-24(13-9-14)19-22-11-7-17(23-19)18(25)21-10-6-15-4-2-3-5-16(15)20/h2-5,7,11,14H,6,8-10,12-13H2,1H3,(H,21,25). The van der Waals surface area contributed by atoms with Crippen molar-refractivity contribution in [3.05, 3.63) is 53.6 Å². The molecule has 0 bridgehead atoms. The van der Waals surface area contributed by atoms with Crippen molar-refractivity contribution in [2.24, 2.45) is 5.92 Å². The van der Waals surface area contributed by atoms with E-state index < -0.39 is 0 Å². The van der Waals surface area contributed by atoms with Crippen LogP contribution in [0.2, 0.25) is 0 Å². The van der Waals surface area contributed by atoms with E-state index in [4.69, 9.17) is 0 Å². The number of benzene rings is 1. The second-order valence-electron chi connectivity index (χ2n) is 6.51. The molecule has 1 amide bonds. The molecule has 1 N–H and O–H groups in total. The first-order chi connectivity index (χ1) is 12.1. The molecule has 0 saturated carbocycles. The summed E-state index contributed by atoms with van der Waals surface area (Å²) in [5.41, 5.74) is 0.936. The topological polar surface area (TPSA) is 58.1 Å². The van der Waals surface area contributed by atoms with Crippen molar-refractivity contribution in [3.8, 4) is 0 Å². The molecular weight excluding hydrogens is 319 g/mol. The average Bonchev–Trinajstić information content (AvgIpc) is 2.64. The molecule has 0 unspecified atom stereocenters. The van der Waals surface area contributed by atoms with Crippen LogP contribution in [0.4, 0.5) is 10.3 Å². The summed E-state index contributed by atoms with van der Waals surface area (Å²) in [4.78, 5) is 23.1. The zero-order chi connectivity index (χ0) is 17.6. The lowest BCUT2D eigenvalue weighted by atomic mass is 10.00. The third-order valence-corrected chi connectivity index (χ3v) is 4.58. The Morgan fingerprint density at radius 2 is 2.04 bits per heavy atom. The second kappa shape index (κ2) is 8.05. The number of rotatable bonds is 5. The lowest BCUT2D eigenvalue weighted by molar-refractivity contribution is 0.0949. The van der Waals surface area contributed by atoms with Crippen molar-refractivity contribution in [2.75, 3.05) is 24.5 Å². The van der Waals surface area contributed by atoms with E-state index in [0.29, 0.717) is 30.2 Å². The molecule has 0 radical (unpaired) electrons. The summed E-state index contributed by atoms with van der Waals surface area (Å²) in [5, 5.41) is 2.80. The van der Waals surface area contributed by atoms with E-state index >= 15 is 0 Å². The minimum absolute atomic E-state index is 0.250. The minimum Gasteiger partial charge on any atom is -0.350 e. The van der Waals surface area contributed by atoms with Gasteiger partial charge in [-0.1, -0.05) is 25.1 Å². The van der Waals surface area contributed by atoms with Crippen LogP contribution < -0.4 is 10.2 Å². The summed E-state index contributed by atoms with van der Waals surface area (Å²) in [6.45, 7) is 4.44. The quantitative estimate of drug-likeness (QED) is 0.908. The maximum atomic E-state index is 13.6. The van der Waals surface area contributed by atoms with Gasteiger partial charge in [-0.3, -0.25) is 4.79 Å². The lowest BCUT2D eigenvalue weighted by Gasteiger charge is -2.30. The van der Waals surface area contributed by atoms with Gasteiger partial charge < -0.3 is 10.2 Å². The Morgan fingerprint density at radius 3 is 2.80 bits per heavy atom. The third kappa shape index (κ3) is 4.53. The Kier molecular flexibility index (Phi) is 5.58. The molecule has 0 atom stereocenters. The number of anilines is 1. The Morgan fingerprint density at radius 1 is 1.28 bits per heavy atom. The van der Waals surface area contributed by atoms with Gasteiger partial charge in [-0.25, -0.2) is 14.4 Å². The molecule has 6 heteroatoms. The number of nitrogens with zero attached hydrogens (tertiary/aromatic N) is 3. The van der Waals surface area contributed by atoms with E-state index in [9.17, 15) is 9.18 Å². The van der Waals surface area contributed by atoms with Gasteiger partial charge in [-0.15, -0.1) is 0 Å². The van der Waals surface area contributed by atoms with Gasteiger partial charge in [0.2, 0.25) is 5.95 Å². The lowest BCUT2D eigenvalue weighted by Crippen LogP contribution is -2.35. The van der Waals surface area contributed by atoms with Gasteiger partial charge in [-0.2, -0.15) is 0 Å². The summed E-state index contributed by atoms with van der Waals surface area (Å²) in [6.07, 6.45) is 4.29. The fourth-order valence-electron chi connectivity index (χ4n) is 2.94. The van der Waals surface area contributed by atoms with Crippen molar-refractivity contribution in [1.29, 1.82) is 0 Å². The predicted molar refractivity (Wildman–Crippen MR) is 95.1 cm³/mol. The molecule has 25 heavy (non-hydrogen) atoms. The highest BCUT2D eigenvalue weighted by atomic mass is 19.1. The highest BCUT2D eigenvalue weighted by Gasteiger charge is 2.19. The molecule has 1 aromatic carbocycles. The van der Waals surface area contributed by atoms with Gasteiger partial charge in [-0.05, 0) is 42.9 Å². The van der Waals surface area contributed by atoms with Crippen molar-refractivity contribution >= 4 is 11.9 Å². The molecule has 0 aliphatic carbocycles. The number of nitrogens with one attached hydrogen (secondary N) is 1. The molecule has 5 nitrogen and oxygen atoms in total. The van der Waals surface area contributed by atoms with Crippen LogP contribution in [-0.4, -0.2) is 35.5 Å². The van der Waals surface area contributed by atoms with Crippen molar-refractivity contribution in [3.63, 3.8) is 0 Å². The van der Waals surface area contributed by atoms with Crippen LogP contribution in [0.25, 0.3) is 0 Å². The number of hydrogen-bond donors (Lipinski definition) is 1. The zero-order valence-corrected chi connectivity index (χ0v) is 14.4. The molecule has 132 valence electrons. The highest BCUT2D eigenvalue weighted by Crippen LogP contribution is 2.19. The van der Waals surface area contributed by atoms with E-state index in [2.05, 4.69) is 27.1 Å². The van der Waals surface area contributed by atoms with Gasteiger partial charge in [0.05, 0.1) is 0 Å². The maximum absolute atomic E-state index is 13.6. The predicted octanol–water partition coefficient (Wildman–Crippen LogP) is 2.82. The number of amides is 1. The molecule has 3 rings (SSSR count). The number of carbonyl (C=O) groups excluding carboxylic acids is 1. The molecule has 1 aliphatic heterocycles. The largest absolute Gasteiger partial charge is 0.350 e. The first-order valence-electron chi connectivity index (χ1n) is 8.73. The van der Waals surface area contributed by atoms with E-state index in [1.807, 2.05) is 0 Å². The molecule has 0 spiro atoms. The molecule has 2 heterocycles. The average molecular weight is 342 g/mol. The smallest absolute Gasteiger partial charge is 0.270 e. The molecule has 1 aromatic heterocycles. The van der Waals surface area contributed by atoms with Crippen LogP contribution in [0, 0.1) is 11.7 Å². The number of aromatic nitrogens is 2. The SMILES string of the molecule is CC1CCN(c2nccc(C(=O)NCCc3ccccc3F)n2)CC1. The summed E-state index contributed by atoms with van der Waals surface area (Å²) < 4.78 is 13.6. The van der Waals surface area contributed by atoms with E-state index in [1.165, 1.54) is 6.07 Å². The molecular formula is C19H23FN4O.